The van der Waals surface area contributed by atoms with E-state index in [1.165, 1.54) is 16.9 Å². The molecule has 2 rings (SSSR count). The fourth-order valence-corrected chi connectivity index (χ4v) is 3.12. The zero-order valence-electron chi connectivity index (χ0n) is 12.1. The molecule has 0 amide bonds. The topological polar surface area (TPSA) is 29.5 Å². The molecule has 0 unspecified atom stereocenters. The molecule has 1 heterocycles. The van der Waals surface area contributed by atoms with E-state index in [1.54, 1.807) is 6.07 Å². The number of thiophene rings is 1. The molecule has 0 saturated heterocycles. The fraction of sp³-hybridized carbons (Fsp3) is 0.312. The van der Waals surface area contributed by atoms with Crippen LogP contribution in [0.25, 0.3) is 0 Å². The van der Waals surface area contributed by atoms with Gasteiger partial charge in [0.2, 0.25) is 0 Å². The highest BCUT2D eigenvalue weighted by Crippen LogP contribution is 2.24. The van der Waals surface area contributed by atoms with Crippen molar-refractivity contribution in [2.24, 2.45) is 0 Å². The number of rotatable bonds is 5. The number of anilines is 1. The number of aryl methyl sites for hydroxylation is 1. The van der Waals surface area contributed by atoms with E-state index in [0.29, 0.717) is 5.56 Å². The van der Waals surface area contributed by atoms with Crippen LogP contribution in [0.3, 0.4) is 0 Å². The molecule has 0 aliphatic carbocycles. The summed E-state index contributed by atoms with van der Waals surface area (Å²) in [5, 5.41) is 0. The van der Waals surface area contributed by atoms with Crippen molar-refractivity contribution in [3.05, 3.63) is 51.7 Å². The number of carbonyl (C=O) groups excluding carboxylic acids is 1. The van der Waals surface area contributed by atoms with Crippen molar-refractivity contribution in [3.8, 4) is 0 Å². The summed E-state index contributed by atoms with van der Waals surface area (Å²) in [5.41, 5.74) is 1.50. The molecule has 20 heavy (non-hydrogen) atoms. The molecule has 0 aliphatic heterocycles. The van der Waals surface area contributed by atoms with Gasteiger partial charge in [-0.2, -0.15) is 0 Å². The van der Waals surface area contributed by atoms with E-state index in [2.05, 4.69) is 24.0 Å². The average Bonchev–Trinajstić information content (AvgIpc) is 2.94. The van der Waals surface area contributed by atoms with Crippen LogP contribution in [0.15, 0.2) is 36.4 Å². The molecular formula is C16H19NO2S. The molecule has 4 heteroatoms. The molecule has 0 N–H and O–H groups in total. The number of para-hydroxylation sites is 1. The summed E-state index contributed by atoms with van der Waals surface area (Å²) < 4.78 is 4.84. The molecule has 1 aromatic carbocycles. The minimum absolute atomic E-state index is 0.298. The van der Waals surface area contributed by atoms with E-state index >= 15 is 0 Å². The van der Waals surface area contributed by atoms with Crippen molar-refractivity contribution >= 4 is 23.0 Å². The van der Waals surface area contributed by atoms with Gasteiger partial charge in [-0.25, -0.2) is 4.79 Å². The zero-order chi connectivity index (χ0) is 14.5. The summed E-state index contributed by atoms with van der Waals surface area (Å²) in [5.74, 6) is -0.298. The molecule has 0 spiro atoms. The second kappa shape index (κ2) is 6.57. The SMILES string of the molecule is CCc1ccc(CN(C)c2ccccc2C(=O)OC)s1. The molecular weight excluding hydrogens is 270 g/mol. The van der Waals surface area contributed by atoms with Crippen LogP contribution in [0.5, 0.6) is 0 Å². The first-order chi connectivity index (χ1) is 9.65. The minimum atomic E-state index is -0.298. The van der Waals surface area contributed by atoms with Gasteiger partial charge in [0.15, 0.2) is 0 Å². The molecule has 0 aliphatic rings. The van der Waals surface area contributed by atoms with Crippen molar-refractivity contribution < 1.29 is 9.53 Å². The predicted octanol–water partition coefficient (Wildman–Crippen LogP) is 3.73. The Morgan fingerprint density at radius 1 is 1.20 bits per heavy atom. The van der Waals surface area contributed by atoms with E-state index in [0.717, 1.165) is 18.7 Å². The summed E-state index contributed by atoms with van der Waals surface area (Å²) in [6.07, 6.45) is 1.06. The van der Waals surface area contributed by atoms with Crippen molar-refractivity contribution in [3.63, 3.8) is 0 Å². The number of hydrogen-bond acceptors (Lipinski definition) is 4. The van der Waals surface area contributed by atoms with Crippen LogP contribution in [0.2, 0.25) is 0 Å². The molecule has 0 bridgehead atoms. The van der Waals surface area contributed by atoms with E-state index in [4.69, 9.17) is 4.74 Å². The van der Waals surface area contributed by atoms with Gasteiger partial charge in [-0.1, -0.05) is 19.1 Å². The lowest BCUT2D eigenvalue weighted by Gasteiger charge is -2.20. The third kappa shape index (κ3) is 3.20. The van der Waals surface area contributed by atoms with Gasteiger partial charge in [0.25, 0.3) is 0 Å². The minimum Gasteiger partial charge on any atom is -0.465 e. The normalized spacial score (nSPS) is 10.3. The van der Waals surface area contributed by atoms with Crippen molar-refractivity contribution in [1.82, 2.24) is 0 Å². The second-order valence-electron chi connectivity index (χ2n) is 4.59. The Labute approximate surface area is 123 Å². The standard InChI is InChI=1S/C16H19NO2S/c1-4-12-9-10-13(20-12)11-17(2)15-8-6-5-7-14(15)16(18)19-3/h5-10H,4,11H2,1-3H3. The Kier molecular flexibility index (Phi) is 4.79. The molecule has 3 nitrogen and oxygen atoms in total. The molecule has 0 radical (unpaired) electrons. The number of carbonyl (C=O) groups is 1. The van der Waals surface area contributed by atoms with Gasteiger partial charge < -0.3 is 9.64 Å². The quantitative estimate of drug-likeness (QED) is 0.785. The third-order valence-electron chi connectivity index (χ3n) is 3.18. The summed E-state index contributed by atoms with van der Waals surface area (Å²) in [6, 6.07) is 11.8. The van der Waals surface area contributed by atoms with Gasteiger partial charge >= 0.3 is 5.97 Å². The summed E-state index contributed by atoms with van der Waals surface area (Å²) in [7, 11) is 3.40. The number of hydrogen-bond donors (Lipinski definition) is 0. The van der Waals surface area contributed by atoms with Crippen molar-refractivity contribution in [2.45, 2.75) is 19.9 Å². The highest BCUT2D eigenvalue weighted by Gasteiger charge is 2.14. The van der Waals surface area contributed by atoms with Crippen LogP contribution in [0.1, 0.15) is 27.0 Å². The number of nitrogens with zero attached hydrogens (tertiary/aromatic N) is 1. The van der Waals surface area contributed by atoms with E-state index in [1.807, 2.05) is 36.6 Å². The molecule has 2 aromatic rings. The Balaban J connectivity index is 2.20. The van der Waals surface area contributed by atoms with Crippen LogP contribution in [-0.4, -0.2) is 20.1 Å². The van der Waals surface area contributed by atoms with E-state index < -0.39 is 0 Å². The first-order valence-electron chi connectivity index (χ1n) is 6.61. The van der Waals surface area contributed by atoms with Crippen molar-refractivity contribution in [2.75, 3.05) is 19.1 Å². The lowest BCUT2D eigenvalue weighted by Crippen LogP contribution is -2.19. The van der Waals surface area contributed by atoms with Crippen LogP contribution < -0.4 is 4.90 Å². The summed E-state index contributed by atoms with van der Waals surface area (Å²) in [6.45, 7) is 2.95. The molecule has 1 aromatic heterocycles. The van der Waals surface area contributed by atoms with Crippen molar-refractivity contribution in [1.29, 1.82) is 0 Å². The zero-order valence-corrected chi connectivity index (χ0v) is 12.9. The first kappa shape index (κ1) is 14.6. The first-order valence-corrected chi connectivity index (χ1v) is 7.43. The van der Waals surface area contributed by atoms with Gasteiger partial charge in [0.1, 0.15) is 0 Å². The number of methoxy groups -OCH3 is 1. The van der Waals surface area contributed by atoms with E-state index in [-0.39, 0.29) is 5.97 Å². The van der Waals surface area contributed by atoms with Gasteiger partial charge in [0, 0.05) is 16.8 Å². The molecule has 0 atom stereocenters. The number of benzene rings is 1. The largest absolute Gasteiger partial charge is 0.465 e. The average molecular weight is 289 g/mol. The highest BCUT2D eigenvalue weighted by atomic mass is 32.1. The lowest BCUT2D eigenvalue weighted by molar-refractivity contribution is 0.0601. The molecule has 106 valence electrons. The van der Waals surface area contributed by atoms with E-state index in [9.17, 15) is 4.79 Å². The maximum atomic E-state index is 11.8. The second-order valence-corrected chi connectivity index (χ2v) is 5.84. The number of ether oxygens (including phenoxy) is 1. The Hall–Kier alpha value is -1.81. The Morgan fingerprint density at radius 2 is 1.90 bits per heavy atom. The van der Waals surface area contributed by atoms with Gasteiger partial charge in [-0.05, 0) is 30.7 Å². The summed E-state index contributed by atoms with van der Waals surface area (Å²) >= 11 is 1.82. The van der Waals surface area contributed by atoms with Gasteiger partial charge in [0.05, 0.1) is 24.9 Å². The Bertz CT molecular complexity index is 592. The summed E-state index contributed by atoms with van der Waals surface area (Å²) in [4.78, 5) is 16.6. The maximum absolute atomic E-state index is 11.8. The highest BCUT2D eigenvalue weighted by molar-refractivity contribution is 7.12. The molecule has 0 fully saturated rings. The predicted molar refractivity (Wildman–Crippen MR) is 83.6 cm³/mol. The molecule has 0 saturated carbocycles. The van der Waals surface area contributed by atoms with Gasteiger partial charge in [-0.15, -0.1) is 11.3 Å². The third-order valence-corrected chi connectivity index (χ3v) is 4.39. The van der Waals surface area contributed by atoms with Crippen LogP contribution in [0.4, 0.5) is 5.69 Å². The maximum Gasteiger partial charge on any atom is 0.339 e. The fourth-order valence-electron chi connectivity index (χ4n) is 2.11. The van der Waals surface area contributed by atoms with Gasteiger partial charge in [-0.3, -0.25) is 0 Å². The van der Waals surface area contributed by atoms with Crippen LogP contribution >= 0.6 is 11.3 Å². The monoisotopic (exact) mass is 289 g/mol. The number of esters is 1. The van der Waals surface area contributed by atoms with Crippen LogP contribution in [0, 0.1) is 0 Å². The van der Waals surface area contributed by atoms with Crippen LogP contribution in [-0.2, 0) is 17.7 Å². The smallest absolute Gasteiger partial charge is 0.339 e. The lowest BCUT2D eigenvalue weighted by atomic mass is 10.1. The Morgan fingerprint density at radius 3 is 2.55 bits per heavy atom.